The first kappa shape index (κ1) is 9.99. The Balaban J connectivity index is 3.88. The van der Waals surface area contributed by atoms with E-state index in [2.05, 4.69) is 5.73 Å². The van der Waals surface area contributed by atoms with Crippen molar-refractivity contribution in [1.82, 2.24) is 4.90 Å². The van der Waals surface area contributed by atoms with Crippen LogP contribution in [-0.4, -0.2) is 23.9 Å². The van der Waals surface area contributed by atoms with Crippen molar-refractivity contribution in [3.05, 3.63) is 18.4 Å². The summed E-state index contributed by atoms with van der Waals surface area (Å²) in [5, 5.41) is 0. The van der Waals surface area contributed by atoms with E-state index in [1.807, 2.05) is 6.92 Å². The minimum atomic E-state index is 0.0818. The van der Waals surface area contributed by atoms with Crippen molar-refractivity contribution in [3.8, 4) is 0 Å². The fraction of sp³-hybridized carbons (Fsp3) is 0.556. The van der Waals surface area contributed by atoms with E-state index in [0.717, 1.165) is 13.0 Å². The molecule has 61 valence electrons. The van der Waals surface area contributed by atoms with E-state index >= 15 is 0 Å². The molecule has 0 fully saturated rings. The van der Waals surface area contributed by atoms with Gasteiger partial charge in [-0.1, -0.05) is 6.92 Å². The van der Waals surface area contributed by atoms with Gasteiger partial charge in [0.1, 0.15) is 0 Å². The Bertz CT molecular complexity index is 168. The number of amides is 1. The Morgan fingerprint density at radius 3 is 2.73 bits per heavy atom. The molecule has 2 nitrogen and oxygen atoms in total. The van der Waals surface area contributed by atoms with E-state index < -0.39 is 0 Å². The Labute approximate surface area is 68.2 Å². The highest BCUT2D eigenvalue weighted by Gasteiger charge is 2.03. The second-order valence-electron chi connectivity index (χ2n) is 2.34. The second kappa shape index (κ2) is 5.75. The van der Waals surface area contributed by atoms with Crippen molar-refractivity contribution in [2.45, 2.75) is 20.3 Å². The van der Waals surface area contributed by atoms with Crippen molar-refractivity contribution in [2.75, 3.05) is 13.1 Å². The van der Waals surface area contributed by atoms with Gasteiger partial charge in [0.15, 0.2) is 0 Å². The van der Waals surface area contributed by atoms with Gasteiger partial charge in [0.2, 0.25) is 5.91 Å². The molecule has 0 aromatic carbocycles. The maximum Gasteiger partial charge on any atom is 0.219 e. The van der Waals surface area contributed by atoms with E-state index in [4.69, 9.17) is 6.58 Å². The van der Waals surface area contributed by atoms with Crippen LogP contribution in [0.3, 0.4) is 0 Å². The van der Waals surface area contributed by atoms with E-state index in [-0.39, 0.29) is 5.91 Å². The number of carbonyl (C=O) groups excluding carboxylic acids is 1. The fourth-order valence-corrected chi connectivity index (χ4v) is 0.810. The number of carbonyl (C=O) groups is 1. The number of rotatable bonds is 4. The van der Waals surface area contributed by atoms with E-state index in [1.54, 1.807) is 17.9 Å². The average molecular weight is 152 g/mol. The van der Waals surface area contributed by atoms with Gasteiger partial charge in [-0.3, -0.25) is 4.79 Å². The molecular weight excluding hydrogens is 138 g/mol. The molecule has 0 bridgehead atoms. The molecule has 0 saturated carbocycles. The summed E-state index contributed by atoms with van der Waals surface area (Å²) in [6, 6.07) is 0. The van der Waals surface area contributed by atoms with Crippen molar-refractivity contribution >= 4 is 5.91 Å². The zero-order valence-corrected chi connectivity index (χ0v) is 7.13. The zero-order chi connectivity index (χ0) is 8.69. The molecule has 0 atom stereocenters. The smallest absolute Gasteiger partial charge is 0.219 e. The Morgan fingerprint density at radius 1 is 1.73 bits per heavy atom. The number of nitrogens with zero attached hydrogens (tertiary/aromatic N) is 1. The van der Waals surface area contributed by atoms with E-state index in [0.29, 0.717) is 6.54 Å². The predicted octanol–water partition coefficient (Wildman–Crippen LogP) is 1.39. The minimum absolute atomic E-state index is 0.0818. The SMILES string of the molecule is [CH]=C=CCN(CCC)C(C)=O. The molecule has 1 amide bonds. The standard InChI is InChI=1S/C9H14NO/c1-4-6-8-10(7-5-2)9(3)11/h1,6H,5,7-8H2,2-3H3. The van der Waals surface area contributed by atoms with Gasteiger partial charge < -0.3 is 4.90 Å². The van der Waals surface area contributed by atoms with Crippen LogP contribution in [0.2, 0.25) is 0 Å². The molecule has 0 saturated heterocycles. The maximum absolute atomic E-state index is 10.9. The zero-order valence-electron chi connectivity index (χ0n) is 7.13. The third-order valence-electron chi connectivity index (χ3n) is 1.37. The van der Waals surface area contributed by atoms with Crippen molar-refractivity contribution < 1.29 is 4.79 Å². The Morgan fingerprint density at radius 2 is 2.36 bits per heavy atom. The molecule has 1 radical (unpaired) electrons. The molecule has 0 aliphatic heterocycles. The summed E-state index contributed by atoms with van der Waals surface area (Å²) >= 11 is 0. The highest BCUT2D eigenvalue weighted by atomic mass is 16.2. The first-order valence-corrected chi connectivity index (χ1v) is 3.75. The lowest BCUT2D eigenvalue weighted by Gasteiger charge is -2.17. The van der Waals surface area contributed by atoms with Crippen LogP contribution in [-0.2, 0) is 4.79 Å². The summed E-state index contributed by atoms with van der Waals surface area (Å²) in [6.45, 7) is 9.97. The molecule has 0 N–H and O–H groups in total. The molecule has 11 heavy (non-hydrogen) atoms. The lowest BCUT2D eigenvalue weighted by atomic mass is 10.4. The summed E-state index contributed by atoms with van der Waals surface area (Å²) in [5.74, 6) is 0.0818. The van der Waals surface area contributed by atoms with Gasteiger partial charge in [0.25, 0.3) is 0 Å². The third kappa shape index (κ3) is 4.40. The number of hydrogen-bond acceptors (Lipinski definition) is 1. The first-order valence-electron chi connectivity index (χ1n) is 3.75. The van der Waals surface area contributed by atoms with Crippen LogP contribution in [0, 0.1) is 6.58 Å². The molecule has 0 aromatic heterocycles. The first-order chi connectivity index (χ1) is 5.22. The topological polar surface area (TPSA) is 20.3 Å². The molecule has 0 rings (SSSR count). The molecule has 0 heterocycles. The van der Waals surface area contributed by atoms with Crippen LogP contribution < -0.4 is 0 Å². The van der Waals surface area contributed by atoms with Crippen LogP contribution in [0.15, 0.2) is 11.8 Å². The molecule has 0 spiro atoms. The van der Waals surface area contributed by atoms with E-state index in [1.165, 1.54) is 0 Å². The Hall–Kier alpha value is -1.01. The molecule has 0 unspecified atom stereocenters. The quantitative estimate of drug-likeness (QED) is 0.557. The van der Waals surface area contributed by atoms with Gasteiger partial charge in [-0.05, 0) is 19.1 Å². The monoisotopic (exact) mass is 152 g/mol. The van der Waals surface area contributed by atoms with Gasteiger partial charge in [0.05, 0.1) is 0 Å². The van der Waals surface area contributed by atoms with Crippen molar-refractivity contribution in [2.24, 2.45) is 0 Å². The Kier molecular flexibility index (Phi) is 5.22. The van der Waals surface area contributed by atoms with E-state index in [9.17, 15) is 4.79 Å². The summed E-state index contributed by atoms with van der Waals surface area (Å²) in [7, 11) is 0. The highest BCUT2D eigenvalue weighted by Crippen LogP contribution is 1.91. The fourth-order valence-electron chi connectivity index (χ4n) is 0.810. The molecule has 0 aromatic rings. The average Bonchev–Trinajstić information content (AvgIpc) is 1.97. The maximum atomic E-state index is 10.9. The molecule has 0 aliphatic rings. The summed E-state index contributed by atoms with van der Waals surface area (Å²) in [6.07, 6.45) is 2.62. The van der Waals surface area contributed by atoms with Crippen LogP contribution in [0.25, 0.3) is 0 Å². The normalized spacial score (nSPS) is 8.55. The summed E-state index contributed by atoms with van der Waals surface area (Å²) in [5.41, 5.74) is 2.39. The largest absolute Gasteiger partial charge is 0.339 e. The predicted molar refractivity (Wildman–Crippen MR) is 44.9 cm³/mol. The minimum Gasteiger partial charge on any atom is -0.339 e. The highest BCUT2D eigenvalue weighted by molar-refractivity contribution is 5.73. The van der Waals surface area contributed by atoms with Crippen LogP contribution in [0.4, 0.5) is 0 Å². The van der Waals surface area contributed by atoms with Crippen LogP contribution in [0.5, 0.6) is 0 Å². The summed E-state index contributed by atoms with van der Waals surface area (Å²) < 4.78 is 0. The molecule has 0 aliphatic carbocycles. The van der Waals surface area contributed by atoms with Crippen LogP contribution >= 0.6 is 0 Å². The van der Waals surface area contributed by atoms with Gasteiger partial charge in [0, 0.05) is 20.0 Å². The van der Waals surface area contributed by atoms with Gasteiger partial charge >= 0.3 is 0 Å². The second-order valence-corrected chi connectivity index (χ2v) is 2.34. The van der Waals surface area contributed by atoms with Gasteiger partial charge in [-0.15, -0.1) is 5.73 Å². The van der Waals surface area contributed by atoms with Crippen LogP contribution in [0.1, 0.15) is 20.3 Å². The van der Waals surface area contributed by atoms with Crippen molar-refractivity contribution in [3.63, 3.8) is 0 Å². The van der Waals surface area contributed by atoms with Crippen molar-refractivity contribution in [1.29, 1.82) is 0 Å². The third-order valence-corrected chi connectivity index (χ3v) is 1.37. The summed E-state index contributed by atoms with van der Waals surface area (Å²) in [4.78, 5) is 12.6. The van der Waals surface area contributed by atoms with Gasteiger partial charge in [-0.25, -0.2) is 0 Å². The molecule has 2 heteroatoms. The lowest BCUT2D eigenvalue weighted by Crippen LogP contribution is -2.29. The lowest BCUT2D eigenvalue weighted by molar-refractivity contribution is -0.128. The molecular formula is C9H14NO. The van der Waals surface area contributed by atoms with Gasteiger partial charge in [-0.2, -0.15) is 0 Å². The number of hydrogen-bond donors (Lipinski definition) is 0.